The quantitative estimate of drug-likeness (QED) is 0.545. The zero-order valence-corrected chi connectivity index (χ0v) is 19.7. The maximum absolute atomic E-state index is 12.9. The Morgan fingerprint density at radius 1 is 1.09 bits per heavy atom. The van der Waals surface area contributed by atoms with Crippen molar-refractivity contribution in [2.45, 2.75) is 56.3 Å². The van der Waals surface area contributed by atoms with Crippen LogP contribution in [0.4, 0.5) is 5.69 Å². The summed E-state index contributed by atoms with van der Waals surface area (Å²) in [6.07, 6.45) is 4.39. The van der Waals surface area contributed by atoms with Crippen LogP contribution in [0.25, 0.3) is 11.4 Å². The molecule has 1 atom stereocenters. The van der Waals surface area contributed by atoms with Gasteiger partial charge in [0.05, 0.1) is 0 Å². The number of rotatable bonds is 7. The highest BCUT2D eigenvalue weighted by atomic mass is 32.2. The van der Waals surface area contributed by atoms with Crippen LogP contribution < -0.4 is 10.0 Å². The first-order valence-corrected chi connectivity index (χ1v) is 13.1. The van der Waals surface area contributed by atoms with E-state index in [1.165, 1.54) is 12.5 Å². The molecular weight excluding hydrogens is 446 g/mol. The monoisotopic (exact) mass is 473 g/mol. The Bertz CT molecular complexity index is 1170. The molecule has 1 aromatic carbocycles. The molecule has 8 nitrogen and oxygen atoms in total. The molecule has 3 aromatic rings. The van der Waals surface area contributed by atoms with Gasteiger partial charge < -0.3 is 9.88 Å². The Morgan fingerprint density at radius 2 is 1.88 bits per heavy atom. The van der Waals surface area contributed by atoms with E-state index in [4.69, 9.17) is 0 Å². The number of aromatic nitrogens is 3. The lowest BCUT2D eigenvalue weighted by Gasteiger charge is -2.21. The standard InChI is InChI=1S/C22H27N5O3S2/c1-15(2)20(26-32(29,30)19-8-6-14-31-19)22(28)23-17-11-9-16(10-12-17)21-25-24-18-7-4-3-5-13-27(18)21/h6,8-12,14-15,20,26H,3-5,7,13H2,1-2H3,(H,23,28). The highest BCUT2D eigenvalue weighted by molar-refractivity contribution is 7.91. The number of nitrogens with one attached hydrogen (secondary N) is 2. The molecule has 2 aromatic heterocycles. The van der Waals surface area contributed by atoms with Crippen molar-refractivity contribution in [3.63, 3.8) is 0 Å². The van der Waals surface area contributed by atoms with E-state index in [-0.39, 0.29) is 10.1 Å². The molecule has 0 aliphatic carbocycles. The summed E-state index contributed by atoms with van der Waals surface area (Å²) in [6, 6.07) is 9.70. The van der Waals surface area contributed by atoms with E-state index in [1.807, 2.05) is 12.1 Å². The number of sulfonamides is 1. The van der Waals surface area contributed by atoms with Crippen molar-refractivity contribution in [1.82, 2.24) is 19.5 Å². The number of carbonyl (C=O) groups excluding carboxylic acids is 1. The number of fused-ring (bicyclic) bond motifs is 1. The Balaban J connectivity index is 1.48. The van der Waals surface area contributed by atoms with Crippen LogP contribution in [-0.2, 0) is 27.8 Å². The fourth-order valence-corrected chi connectivity index (χ4v) is 6.11. The first-order valence-electron chi connectivity index (χ1n) is 10.7. The Morgan fingerprint density at radius 3 is 2.56 bits per heavy atom. The molecule has 0 radical (unpaired) electrons. The molecule has 170 valence electrons. The van der Waals surface area contributed by atoms with Gasteiger partial charge in [0.1, 0.15) is 16.1 Å². The third-order valence-electron chi connectivity index (χ3n) is 5.51. The second-order valence-corrected chi connectivity index (χ2v) is 11.1. The van der Waals surface area contributed by atoms with Crippen molar-refractivity contribution in [3.8, 4) is 11.4 Å². The summed E-state index contributed by atoms with van der Waals surface area (Å²) < 4.78 is 30.1. The third-order valence-corrected chi connectivity index (χ3v) is 8.35. The van der Waals surface area contributed by atoms with Crippen LogP contribution in [0.1, 0.15) is 38.9 Å². The minimum Gasteiger partial charge on any atom is -0.325 e. The number of carbonyl (C=O) groups is 1. The number of benzene rings is 1. The van der Waals surface area contributed by atoms with Crippen molar-refractivity contribution in [3.05, 3.63) is 47.6 Å². The number of anilines is 1. The maximum Gasteiger partial charge on any atom is 0.250 e. The lowest BCUT2D eigenvalue weighted by Crippen LogP contribution is -2.46. The largest absolute Gasteiger partial charge is 0.325 e. The van der Waals surface area contributed by atoms with Crippen LogP contribution >= 0.6 is 11.3 Å². The van der Waals surface area contributed by atoms with E-state index in [9.17, 15) is 13.2 Å². The number of hydrogen-bond donors (Lipinski definition) is 2. The predicted octanol–water partition coefficient (Wildman–Crippen LogP) is 3.67. The van der Waals surface area contributed by atoms with E-state index >= 15 is 0 Å². The van der Waals surface area contributed by atoms with E-state index in [1.54, 1.807) is 37.4 Å². The lowest BCUT2D eigenvalue weighted by molar-refractivity contribution is -0.118. The third kappa shape index (κ3) is 4.92. The van der Waals surface area contributed by atoms with Crippen LogP contribution in [0.2, 0.25) is 0 Å². The van der Waals surface area contributed by atoms with Crippen LogP contribution in [0.5, 0.6) is 0 Å². The summed E-state index contributed by atoms with van der Waals surface area (Å²) in [5.41, 5.74) is 1.53. The molecule has 4 rings (SSSR count). The van der Waals surface area contributed by atoms with Gasteiger partial charge in [-0.15, -0.1) is 21.5 Å². The van der Waals surface area contributed by atoms with Crippen molar-refractivity contribution in [2.24, 2.45) is 5.92 Å². The molecule has 0 saturated carbocycles. The summed E-state index contributed by atoms with van der Waals surface area (Å²) in [5.74, 6) is 1.23. The van der Waals surface area contributed by atoms with Crippen LogP contribution in [-0.4, -0.2) is 35.1 Å². The van der Waals surface area contributed by atoms with Crippen LogP contribution in [0.15, 0.2) is 46.0 Å². The Labute approximate surface area is 192 Å². The summed E-state index contributed by atoms with van der Waals surface area (Å²) in [5, 5.41) is 13.2. The fourth-order valence-electron chi connectivity index (χ4n) is 3.76. The molecule has 1 amide bonds. The summed E-state index contributed by atoms with van der Waals surface area (Å²) in [4.78, 5) is 12.9. The van der Waals surface area contributed by atoms with Gasteiger partial charge in [-0.3, -0.25) is 4.79 Å². The average Bonchev–Trinajstić information content (AvgIpc) is 3.39. The van der Waals surface area contributed by atoms with Gasteiger partial charge in [0.25, 0.3) is 10.0 Å². The summed E-state index contributed by atoms with van der Waals surface area (Å²) in [6.45, 7) is 4.53. The Hall–Kier alpha value is -2.56. The van der Waals surface area contributed by atoms with E-state index in [2.05, 4.69) is 24.8 Å². The molecule has 32 heavy (non-hydrogen) atoms. The Kier molecular flexibility index (Phi) is 6.73. The number of nitrogens with zero attached hydrogens (tertiary/aromatic N) is 3. The van der Waals surface area contributed by atoms with Crippen LogP contribution in [0, 0.1) is 5.92 Å². The fraction of sp³-hybridized carbons (Fsp3) is 0.409. The number of thiophene rings is 1. The zero-order valence-electron chi connectivity index (χ0n) is 18.1. The topological polar surface area (TPSA) is 106 Å². The second-order valence-electron chi connectivity index (χ2n) is 8.24. The van der Waals surface area contributed by atoms with Gasteiger partial charge in [-0.05, 0) is 54.5 Å². The SMILES string of the molecule is CC(C)C(NS(=O)(=O)c1cccs1)C(=O)Nc1ccc(-c2nnc3n2CCCCC3)cc1. The van der Waals surface area contributed by atoms with E-state index < -0.39 is 22.0 Å². The summed E-state index contributed by atoms with van der Waals surface area (Å²) >= 11 is 1.12. The minimum absolute atomic E-state index is 0.188. The minimum atomic E-state index is -3.76. The lowest BCUT2D eigenvalue weighted by atomic mass is 10.0. The maximum atomic E-state index is 12.9. The zero-order chi connectivity index (χ0) is 22.7. The molecular formula is C22H27N5O3S2. The average molecular weight is 474 g/mol. The van der Waals surface area contributed by atoms with Crippen molar-refractivity contribution in [2.75, 3.05) is 5.32 Å². The highest BCUT2D eigenvalue weighted by Gasteiger charge is 2.29. The molecule has 0 spiro atoms. The molecule has 1 aliphatic rings. The molecule has 0 bridgehead atoms. The van der Waals surface area contributed by atoms with Gasteiger partial charge in [0.15, 0.2) is 5.82 Å². The van der Waals surface area contributed by atoms with Gasteiger partial charge in [-0.2, -0.15) is 4.72 Å². The molecule has 1 unspecified atom stereocenters. The van der Waals surface area contributed by atoms with Crippen molar-refractivity contribution in [1.29, 1.82) is 0 Å². The molecule has 10 heteroatoms. The second kappa shape index (κ2) is 9.51. The van der Waals surface area contributed by atoms with Crippen LogP contribution in [0.3, 0.4) is 0 Å². The van der Waals surface area contributed by atoms with E-state index in [0.717, 1.165) is 54.4 Å². The molecule has 2 N–H and O–H groups in total. The molecule has 0 saturated heterocycles. The van der Waals surface area contributed by atoms with Gasteiger partial charge in [0, 0.05) is 24.2 Å². The predicted molar refractivity (Wildman–Crippen MR) is 125 cm³/mol. The van der Waals surface area contributed by atoms with Crippen molar-refractivity contribution >= 4 is 33.0 Å². The number of amides is 1. The normalized spacial score (nSPS) is 15.2. The highest BCUT2D eigenvalue weighted by Crippen LogP contribution is 2.24. The van der Waals surface area contributed by atoms with Gasteiger partial charge in [-0.25, -0.2) is 8.42 Å². The van der Waals surface area contributed by atoms with E-state index in [0.29, 0.717) is 5.69 Å². The van der Waals surface area contributed by atoms with Gasteiger partial charge in [0.2, 0.25) is 5.91 Å². The molecule has 1 aliphatic heterocycles. The molecule has 3 heterocycles. The first kappa shape index (κ1) is 22.6. The van der Waals surface area contributed by atoms with Gasteiger partial charge >= 0.3 is 0 Å². The molecule has 0 fully saturated rings. The van der Waals surface area contributed by atoms with Crippen molar-refractivity contribution < 1.29 is 13.2 Å². The number of hydrogen-bond acceptors (Lipinski definition) is 6. The number of aryl methyl sites for hydroxylation is 1. The van der Waals surface area contributed by atoms with Gasteiger partial charge in [-0.1, -0.05) is 26.3 Å². The summed E-state index contributed by atoms with van der Waals surface area (Å²) in [7, 11) is -3.76. The first-order chi connectivity index (χ1) is 15.3. The smallest absolute Gasteiger partial charge is 0.250 e.